The normalized spacial score (nSPS) is 12.5. The minimum atomic E-state index is -0.940. The number of halogens is 1. The van der Waals surface area contributed by atoms with E-state index in [0.29, 0.717) is 15.5 Å². The summed E-state index contributed by atoms with van der Waals surface area (Å²) in [4.78, 5) is 62.2. The third kappa shape index (κ3) is 4.53. The van der Waals surface area contributed by atoms with Crippen LogP contribution in [-0.2, 0) is 20.9 Å². The number of nitro groups is 1. The number of fused-ring (bicyclic) bond motifs is 1. The molecule has 3 amide bonds. The molecule has 0 unspecified atom stereocenters. The van der Waals surface area contributed by atoms with Gasteiger partial charge in [0.05, 0.1) is 17.6 Å². The number of carbonyl (C=O) groups is 4. The fourth-order valence-corrected chi connectivity index (χ4v) is 3.24. The first kappa shape index (κ1) is 21.9. The summed E-state index contributed by atoms with van der Waals surface area (Å²) >= 11 is 5.86. The lowest BCUT2D eigenvalue weighted by Crippen LogP contribution is -2.44. The Bertz CT molecular complexity index is 1080. The van der Waals surface area contributed by atoms with E-state index in [9.17, 15) is 29.3 Å². The van der Waals surface area contributed by atoms with Crippen LogP contribution in [0.5, 0.6) is 0 Å². The van der Waals surface area contributed by atoms with Crippen molar-refractivity contribution in [2.45, 2.75) is 6.54 Å². The molecular formula is C20H16ClN3O7. The van der Waals surface area contributed by atoms with Crippen molar-refractivity contribution >= 4 is 41.0 Å². The number of nitro benzene ring substituents is 1. The van der Waals surface area contributed by atoms with E-state index in [1.54, 1.807) is 24.3 Å². The molecule has 0 aliphatic carbocycles. The van der Waals surface area contributed by atoms with Crippen LogP contribution in [0.3, 0.4) is 0 Å². The molecule has 0 N–H and O–H groups in total. The highest BCUT2D eigenvalue weighted by molar-refractivity contribution is 6.30. The number of hydrogen-bond donors (Lipinski definition) is 0. The predicted octanol–water partition coefficient (Wildman–Crippen LogP) is 2.05. The lowest BCUT2D eigenvalue weighted by molar-refractivity contribution is -0.385. The molecule has 10 nitrogen and oxygen atoms in total. The Balaban J connectivity index is 1.84. The summed E-state index contributed by atoms with van der Waals surface area (Å²) in [5, 5.41) is 11.7. The van der Waals surface area contributed by atoms with Crippen molar-refractivity contribution in [3.05, 3.63) is 74.3 Å². The van der Waals surface area contributed by atoms with E-state index in [0.717, 1.165) is 18.1 Å². The molecule has 0 radical (unpaired) electrons. The molecule has 0 atom stereocenters. The highest BCUT2D eigenvalue weighted by atomic mass is 35.5. The van der Waals surface area contributed by atoms with Crippen molar-refractivity contribution in [2.75, 3.05) is 20.2 Å². The third-order valence-corrected chi connectivity index (χ3v) is 4.91. The number of benzene rings is 2. The van der Waals surface area contributed by atoms with Crippen LogP contribution in [0.25, 0.3) is 0 Å². The Hall–Kier alpha value is -3.79. The van der Waals surface area contributed by atoms with Gasteiger partial charge in [-0.1, -0.05) is 29.8 Å². The second-order valence-corrected chi connectivity index (χ2v) is 7.04. The third-order valence-electron chi connectivity index (χ3n) is 4.65. The summed E-state index contributed by atoms with van der Waals surface area (Å²) < 4.78 is 4.62. The minimum absolute atomic E-state index is 0.00554. The van der Waals surface area contributed by atoms with Crippen LogP contribution >= 0.6 is 11.6 Å². The fourth-order valence-electron chi connectivity index (χ4n) is 3.11. The average molecular weight is 446 g/mol. The molecule has 0 aromatic heterocycles. The predicted molar refractivity (Wildman–Crippen MR) is 107 cm³/mol. The zero-order chi connectivity index (χ0) is 22.7. The molecule has 2 aromatic carbocycles. The zero-order valence-electron chi connectivity index (χ0n) is 16.2. The quantitative estimate of drug-likeness (QED) is 0.276. The van der Waals surface area contributed by atoms with Gasteiger partial charge in [0.25, 0.3) is 17.5 Å². The number of carbonyl (C=O) groups excluding carboxylic acids is 4. The molecule has 0 bridgehead atoms. The number of esters is 1. The second kappa shape index (κ2) is 8.92. The van der Waals surface area contributed by atoms with Crippen LogP contribution in [0, 0.1) is 10.1 Å². The summed E-state index contributed by atoms with van der Waals surface area (Å²) in [6, 6.07) is 10.2. The fraction of sp³-hybridized carbons (Fsp3) is 0.200. The van der Waals surface area contributed by atoms with Gasteiger partial charge in [0, 0.05) is 17.6 Å². The van der Waals surface area contributed by atoms with Gasteiger partial charge < -0.3 is 9.64 Å². The van der Waals surface area contributed by atoms with E-state index in [2.05, 4.69) is 4.74 Å². The van der Waals surface area contributed by atoms with E-state index < -0.39 is 47.4 Å². The van der Waals surface area contributed by atoms with Gasteiger partial charge in [-0.3, -0.25) is 34.2 Å². The van der Waals surface area contributed by atoms with Gasteiger partial charge in [0.1, 0.15) is 18.7 Å². The Morgan fingerprint density at radius 3 is 2.42 bits per heavy atom. The Kier molecular flexibility index (Phi) is 6.30. The number of ether oxygens (including phenoxy) is 1. The van der Waals surface area contributed by atoms with Gasteiger partial charge in [-0.15, -0.1) is 0 Å². The number of hydrogen-bond acceptors (Lipinski definition) is 7. The number of methoxy groups -OCH3 is 1. The maximum Gasteiger partial charge on any atom is 0.325 e. The molecule has 0 saturated heterocycles. The topological polar surface area (TPSA) is 127 Å². The van der Waals surface area contributed by atoms with Crippen molar-refractivity contribution in [2.24, 2.45) is 0 Å². The van der Waals surface area contributed by atoms with Gasteiger partial charge in [0.15, 0.2) is 0 Å². The van der Waals surface area contributed by atoms with Crippen molar-refractivity contribution in [1.29, 1.82) is 0 Å². The lowest BCUT2D eigenvalue weighted by Gasteiger charge is -2.24. The largest absolute Gasteiger partial charge is 0.468 e. The summed E-state index contributed by atoms with van der Waals surface area (Å²) in [7, 11) is 1.16. The number of nitrogens with zero attached hydrogens (tertiary/aromatic N) is 3. The van der Waals surface area contributed by atoms with Gasteiger partial charge in [0.2, 0.25) is 5.91 Å². The maximum absolute atomic E-state index is 12.9. The Morgan fingerprint density at radius 1 is 1.13 bits per heavy atom. The number of amides is 3. The van der Waals surface area contributed by atoms with Crippen LogP contribution in [0.1, 0.15) is 26.3 Å². The molecule has 11 heteroatoms. The smallest absolute Gasteiger partial charge is 0.325 e. The van der Waals surface area contributed by atoms with Crippen LogP contribution in [0.4, 0.5) is 5.69 Å². The molecule has 0 fully saturated rings. The number of rotatable bonds is 7. The minimum Gasteiger partial charge on any atom is -0.468 e. The van der Waals surface area contributed by atoms with E-state index in [4.69, 9.17) is 11.6 Å². The van der Waals surface area contributed by atoms with Gasteiger partial charge in [-0.25, -0.2) is 0 Å². The molecule has 1 aliphatic heterocycles. The van der Waals surface area contributed by atoms with E-state index in [1.807, 2.05) is 0 Å². The molecular weight excluding hydrogens is 430 g/mol. The van der Waals surface area contributed by atoms with Gasteiger partial charge in [-0.05, 0) is 23.8 Å². The van der Waals surface area contributed by atoms with Crippen molar-refractivity contribution in [3.63, 3.8) is 0 Å². The first-order chi connectivity index (χ1) is 14.7. The van der Waals surface area contributed by atoms with Crippen LogP contribution in [-0.4, -0.2) is 58.6 Å². The molecule has 31 heavy (non-hydrogen) atoms. The first-order valence-electron chi connectivity index (χ1n) is 8.95. The SMILES string of the molecule is COC(=O)CN(Cc1ccc(Cl)cc1)C(=O)CN1C(=O)c2cccc([N+](=O)[O-])c2C1=O. The summed E-state index contributed by atoms with van der Waals surface area (Å²) in [6.07, 6.45) is 0. The van der Waals surface area contributed by atoms with Crippen molar-refractivity contribution < 1.29 is 28.8 Å². The molecule has 0 saturated carbocycles. The molecule has 1 aliphatic rings. The monoisotopic (exact) mass is 445 g/mol. The summed E-state index contributed by atoms with van der Waals surface area (Å²) in [6.45, 7) is -1.11. The summed E-state index contributed by atoms with van der Waals surface area (Å²) in [5.41, 5.74) is -0.371. The van der Waals surface area contributed by atoms with E-state index in [-0.39, 0.29) is 17.7 Å². The molecule has 3 rings (SSSR count). The Morgan fingerprint density at radius 2 is 1.81 bits per heavy atom. The van der Waals surface area contributed by atoms with Crippen LogP contribution < -0.4 is 0 Å². The van der Waals surface area contributed by atoms with Gasteiger partial charge in [-0.2, -0.15) is 0 Å². The maximum atomic E-state index is 12.9. The van der Waals surface area contributed by atoms with Crippen LogP contribution in [0.2, 0.25) is 5.02 Å². The summed E-state index contributed by atoms with van der Waals surface area (Å²) in [5.74, 6) is -3.16. The van der Waals surface area contributed by atoms with Crippen LogP contribution in [0.15, 0.2) is 42.5 Å². The lowest BCUT2D eigenvalue weighted by atomic mass is 10.1. The van der Waals surface area contributed by atoms with E-state index in [1.165, 1.54) is 12.1 Å². The first-order valence-corrected chi connectivity index (χ1v) is 9.33. The zero-order valence-corrected chi connectivity index (χ0v) is 17.0. The molecule has 160 valence electrons. The highest BCUT2D eigenvalue weighted by Gasteiger charge is 2.42. The standard InChI is InChI=1S/C20H16ClN3O7/c1-31-17(26)11-22(9-12-5-7-13(21)8-6-12)16(25)10-23-19(27)14-3-2-4-15(24(29)30)18(14)20(23)28/h2-8H,9-11H2,1H3. The Labute approximate surface area is 181 Å². The van der Waals surface area contributed by atoms with Gasteiger partial charge >= 0.3 is 5.97 Å². The van der Waals surface area contributed by atoms with E-state index >= 15 is 0 Å². The van der Waals surface area contributed by atoms with Crippen molar-refractivity contribution in [3.8, 4) is 0 Å². The molecule has 0 spiro atoms. The molecule has 1 heterocycles. The number of imide groups is 1. The average Bonchev–Trinajstić information content (AvgIpc) is 2.99. The molecule has 2 aromatic rings. The second-order valence-electron chi connectivity index (χ2n) is 6.61. The highest BCUT2D eigenvalue weighted by Crippen LogP contribution is 2.30. The van der Waals surface area contributed by atoms with Crippen molar-refractivity contribution in [1.82, 2.24) is 9.80 Å².